The van der Waals surface area contributed by atoms with E-state index in [2.05, 4.69) is 24.1 Å². The lowest BCUT2D eigenvalue weighted by molar-refractivity contribution is 0.764. The summed E-state index contributed by atoms with van der Waals surface area (Å²) >= 11 is 1.80. The second kappa shape index (κ2) is 5.66. The molecule has 1 aromatic carbocycles. The number of thioether (sulfide) groups is 1. The highest BCUT2D eigenvalue weighted by Crippen LogP contribution is 2.23. The molecule has 4 heteroatoms. The van der Waals surface area contributed by atoms with E-state index in [0.717, 1.165) is 11.4 Å². The first-order chi connectivity index (χ1) is 7.60. The van der Waals surface area contributed by atoms with Gasteiger partial charge in [0.1, 0.15) is 6.07 Å². The first-order valence-electron chi connectivity index (χ1n) is 5.11. The Labute approximate surface area is 101 Å². The highest BCUT2D eigenvalue weighted by Gasteiger charge is 2.13. The van der Waals surface area contributed by atoms with Crippen molar-refractivity contribution in [3.63, 3.8) is 0 Å². The maximum Gasteiger partial charge on any atom is 0.101 e. The lowest BCUT2D eigenvalue weighted by Crippen LogP contribution is -2.31. The quantitative estimate of drug-likeness (QED) is 0.814. The van der Waals surface area contributed by atoms with E-state index in [1.165, 1.54) is 0 Å². The number of hydrogen-bond acceptors (Lipinski definition) is 4. The monoisotopic (exact) mass is 235 g/mol. The minimum atomic E-state index is 0.394. The van der Waals surface area contributed by atoms with Crippen LogP contribution in [0.1, 0.15) is 12.5 Å². The van der Waals surface area contributed by atoms with Crippen molar-refractivity contribution < 1.29 is 0 Å². The van der Waals surface area contributed by atoms with Crippen LogP contribution in [0.15, 0.2) is 18.2 Å². The summed E-state index contributed by atoms with van der Waals surface area (Å²) in [6.07, 6.45) is 2.08. The normalized spacial score (nSPS) is 11.9. The van der Waals surface area contributed by atoms with Crippen LogP contribution in [-0.4, -0.2) is 25.1 Å². The molecule has 16 heavy (non-hydrogen) atoms. The van der Waals surface area contributed by atoms with E-state index in [0.29, 0.717) is 17.3 Å². The molecule has 0 fully saturated rings. The van der Waals surface area contributed by atoms with E-state index < -0.39 is 0 Å². The maximum atomic E-state index is 9.07. The van der Waals surface area contributed by atoms with E-state index in [1.54, 1.807) is 17.8 Å². The van der Waals surface area contributed by atoms with Crippen molar-refractivity contribution in [3.05, 3.63) is 23.8 Å². The third-order valence-corrected chi connectivity index (χ3v) is 3.41. The molecule has 86 valence electrons. The van der Waals surface area contributed by atoms with Gasteiger partial charge in [0.2, 0.25) is 0 Å². The van der Waals surface area contributed by atoms with Gasteiger partial charge in [0.15, 0.2) is 0 Å². The molecule has 0 aromatic heterocycles. The highest BCUT2D eigenvalue weighted by atomic mass is 32.2. The Morgan fingerprint density at radius 3 is 2.81 bits per heavy atom. The summed E-state index contributed by atoms with van der Waals surface area (Å²) in [6.45, 7) is 2.15. The van der Waals surface area contributed by atoms with Crippen molar-refractivity contribution in [3.8, 4) is 6.07 Å². The number of hydrogen-bond donors (Lipinski definition) is 1. The predicted molar refractivity (Wildman–Crippen MR) is 71.8 cm³/mol. The average Bonchev–Trinajstić information content (AvgIpc) is 2.28. The number of nitriles is 1. The Balaban J connectivity index is 2.99. The molecule has 0 aliphatic rings. The van der Waals surface area contributed by atoms with Gasteiger partial charge in [-0.1, -0.05) is 0 Å². The van der Waals surface area contributed by atoms with E-state index in [4.69, 9.17) is 11.0 Å². The second-order valence-electron chi connectivity index (χ2n) is 3.80. The largest absolute Gasteiger partial charge is 0.399 e. The van der Waals surface area contributed by atoms with Gasteiger partial charge in [0.25, 0.3) is 0 Å². The molecule has 0 heterocycles. The molecule has 0 aliphatic heterocycles. The van der Waals surface area contributed by atoms with Crippen LogP contribution < -0.4 is 10.6 Å². The molecule has 1 aromatic rings. The summed E-state index contributed by atoms with van der Waals surface area (Å²) in [4.78, 5) is 2.12. The van der Waals surface area contributed by atoms with Crippen molar-refractivity contribution in [1.82, 2.24) is 0 Å². The van der Waals surface area contributed by atoms with Gasteiger partial charge in [-0.25, -0.2) is 0 Å². The summed E-state index contributed by atoms with van der Waals surface area (Å²) < 4.78 is 0. The number of rotatable bonds is 4. The highest BCUT2D eigenvalue weighted by molar-refractivity contribution is 7.98. The molecule has 0 spiro atoms. The molecule has 0 saturated heterocycles. The van der Waals surface area contributed by atoms with Crippen molar-refractivity contribution in [1.29, 1.82) is 5.26 Å². The van der Waals surface area contributed by atoms with Gasteiger partial charge in [0, 0.05) is 24.5 Å². The zero-order valence-electron chi connectivity index (χ0n) is 9.90. The molecule has 1 rings (SSSR count). The Morgan fingerprint density at radius 1 is 1.56 bits per heavy atom. The lowest BCUT2D eigenvalue weighted by atomic mass is 10.1. The van der Waals surface area contributed by atoms with Crippen LogP contribution >= 0.6 is 11.8 Å². The van der Waals surface area contributed by atoms with Gasteiger partial charge >= 0.3 is 0 Å². The predicted octanol–water partition coefficient (Wildman–Crippen LogP) is 2.33. The fourth-order valence-corrected chi connectivity index (χ4v) is 2.25. The fraction of sp³-hybridized carbons (Fsp3) is 0.417. The minimum Gasteiger partial charge on any atom is -0.399 e. The van der Waals surface area contributed by atoms with Crippen molar-refractivity contribution >= 4 is 23.1 Å². The zero-order chi connectivity index (χ0) is 12.1. The van der Waals surface area contributed by atoms with E-state index in [1.807, 2.05) is 19.2 Å². The van der Waals surface area contributed by atoms with Gasteiger partial charge in [-0.15, -0.1) is 0 Å². The van der Waals surface area contributed by atoms with Gasteiger partial charge in [-0.3, -0.25) is 0 Å². The topological polar surface area (TPSA) is 53.0 Å². The van der Waals surface area contributed by atoms with Crippen LogP contribution in [0.25, 0.3) is 0 Å². The number of nitrogen functional groups attached to an aromatic ring is 1. The van der Waals surface area contributed by atoms with Crippen molar-refractivity contribution in [2.75, 3.05) is 29.7 Å². The van der Waals surface area contributed by atoms with Crippen molar-refractivity contribution in [2.45, 2.75) is 13.0 Å². The fourth-order valence-electron chi connectivity index (χ4n) is 1.54. The lowest BCUT2D eigenvalue weighted by Gasteiger charge is -2.27. The van der Waals surface area contributed by atoms with E-state index in [9.17, 15) is 0 Å². The summed E-state index contributed by atoms with van der Waals surface area (Å²) in [7, 11) is 2.01. The molecule has 0 radical (unpaired) electrons. The van der Waals surface area contributed by atoms with Crippen LogP contribution in [0.2, 0.25) is 0 Å². The number of nitrogens with zero attached hydrogens (tertiary/aromatic N) is 2. The Hall–Kier alpha value is -1.34. The first-order valence-corrected chi connectivity index (χ1v) is 6.51. The summed E-state index contributed by atoms with van der Waals surface area (Å²) in [6, 6.07) is 8.04. The third-order valence-electron chi connectivity index (χ3n) is 2.59. The van der Waals surface area contributed by atoms with Crippen LogP contribution in [0, 0.1) is 11.3 Å². The van der Waals surface area contributed by atoms with Gasteiger partial charge in [0.05, 0.1) is 11.3 Å². The molecule has 0 saturated carbocycles. The Kier molecular flexibility index (Phi) is 4.51. The van der Waals surface area contributed by atoms with Gasteiger partial charge < -0.3 is 10.6 Å². The number of benzene rings is 1. The molecule has 0 amide bonds. The third kappa shape index (κ3) is 2.83. The molecule has 3 nitrogen and oxygen atoms in total. The van der Waals surface area contributed by atoms with Gasteiger partial charge in [-0.05, 0) is 31.4 Å². The van der Waals surface area contributed by atoms with E-state index in [-0.39, 0.29) is 0 Å². The average molecular weight is 235 g/mol. The summed E-state index contributed by atoms with van der Waals surface area (Å²) in [5, 5.41) is 9.07. The maximum absolute atomic E-state index is 9.07. The van der Waals surface area contributed by atoms with Crippen molar-refractivity contribution in [2.24, 2.45) is 0 Å². The van der Waals surface area contributed by atoms with Crippen LogP contribution in [-0.2, 0) is 0 Å². The van der Waals surface area contributed by atoms with E-state index >= 15 is 0 Å². The molecule has 0 bridgehead atoms. The van der Waals surface area contributed by atoms with Crippen LogP contribution in [0.4, 0.5) is 11.4 Å². The molecular formula is C12H17N3S. The first kappa shape index (κ1) is 12.7. The minimum absolute atomic E-state index is 0.394. The number of nitrogens with two attached hydrogens (primary N) is 1. The Bertz CT molecular complexity index is 398. The van der Waals surface area contributed by atoms with Crippen LogP contribution in [0.3, 0.4) is 0 Å². The zero-order valence-corrected chi connectivity index (χ0v) is 10.7. The summed E-state index contributed by atoms with van der Waals surface area (Å²) in [5.74, 6) is 1.03. The van der Waals surface area contributed by atoms with Gasteiger partial charge in [-0.2, -0.15) is 17.0 Å². The molecule has 2 N–H and O–H groups in total. The standard InChI is InChI=1S/C12H17N3S/c1-9(8-16-3)15(2)12-5-4-11(14)6-10(12)7-13/h4-6,9H,8,14H2,1-3H3. The second-order valence-corrected chi connectivity index (χ2v) is 4.71. The summed E-state index contributed by atoms with van der Waals surface area (Å²) in [5.41, 5.74) is 7.87. The van der Waals surface area contributed by atoms with Crippen LogP contribution in [0.5, 0.6) is 0 Å². The molecular weight excluding hydrogens is 218 g/mol. The molecule has 1 atom stereocenters. The molecule has 0 aliphatic carbocycles. The SMILES string of the molecule is CSCC(C)N(C)c1ccc(N)cc1C#N. The smallest absolute Gasteiger partial charge is 0.101 e. The molecule has 1 unspecified atom stereocenters. The number of anilines is 2. The Morgan fingerprint density at radius 2 is 2.25 bits per heavy atom.